The Labute approximate surface area is 117 Å². The summed E-state index contributed by atoms with van der Waals surface area (Å²) in [5.74, 6) is 0.0345. The van der Waals surface area contributed by atoms with Crippen molar-refractivity contribution in [3.8, 4) is 0 Å². The van der Waals surface area contributed by atoms with Gasteiger partial charge in [-0.25, -0.2) is 0 Å². The van der Waals surface area contributed by atoms with Crippen LogP contribution in [0, 0.1) is 5.41 Å². The van der Waals surface area contributed by atoms with E-state index in [4.69, 9.17) is 9.15 Å². The molecule has 1 fully saturated rings. The first-order valence-corrected chi connectivity index (χ1v) is 6.75. The molecule has 2 amide bonds. The molecular formula is C14H20N2O4. The lowest BCUT2D eigenvalue weighted by Gasteiger charge is -2.38. The fourth-order valence-electron chi connectivity index (χ4n) is 1.90. The Morgan fingerprint density at radius 3 is 2.75 bits per heavy atom. The molecular weight excluding hydrogens is 260 g/mol. The quantitative estimate of drug-likeness (QED) is 0.728. The fraction of sp³-hybridized carbons (Fsp3) is 0.571. The average molecular weight is 280 g/mol. The van der Waals surface area contributed by atoms with Gasteiger partial charge < -0.3 is 19.8 Å². The minimum Gasteiger partial charge on any atom is -0.459 e. The Kier molecular flexibility index (Phi) is 4.79. The number of rotatable bonds is 7. The first kappa shape index (κ1) is 14.6. The van der Waals surface area contributed by atoms with Gasteiger partial charge in [0.1, 0.15) is 0 Å². The third-order valence-electron chi connectivity index (χ3n) is 3.22. The first-order valence-electron chi connectivity index (χ1n) is 6.75. The maximum atomic E-state index is 11.6. The molecule has 0 aromatic carbocycles. The predicted molar refractivity (Wildman–Crippen MR) is 72.2 cm³/mol. The van der Waals surface area contributed by atoms with Crippen LogP contribution in [0.25, 0.3) is 0 Å². The molecule has 1 aromatic heterocycles. The maximum Gasteiger partial charge on any atom is 0.286 e. The summed E-state index contributed by atoms with van der Waals surface area (Å²) in [6.45, 7) is 4.58. The summed E-state index contributed by atoms with van der Waals surface area (Å²) >= 11 is 0. The summed E-state index contributed by atoms with van der Waals surface area (Å²) in [6.07, 6.45) is 2.45. The van der Waals surface area contributed by atoms with Crippen LogP contribution in [0.3, 0.4) is 0 Å². The Hall–Kier alpha value is -1.82. The fourth-order valence-corrected chi connectivity index (χ4v) is 1.90. The van der Waals surface area contributed by atoms with Gasteiger partial charge in [0.25, 0.3) is 5.91 Å². The van der Waals surface area contributed by atoms with E-state index >= 15 is 0 Å². The third kappa shape index (κ3) is 4.09. The van der Waals surface area contributed by atoms with Crippen molar-refractivity contribution in [2.24, 2.45) is 5.41 Å². The van der Waals surface area contributed by atoms with Gasteiger partial charge in [-0.05, 0) is 18.6 Å². The van der Waals surface area contributed by atoms with Gasteiger partial charge in [0.05, 0.1) is 19.5 Å². The molecule has 0 radical (unpaired) electrons. The SMILES string of the molecule is CC1(CNC(=O)CCCNC(=O)c2ccco2)COC1. The van der Waals surface area contributed by atoms with E-state index in [1.54, 1.807) is 12.1 Å². The van der Waals surface area contributed by atoms with Gasteiger partial charge in [-0.15, -0.1) is 0 Å². The number of carbonyl (C=O) groups is 2. The van der Waals surface area contributed by atoms with Crippen molar-refractivity contribution >= 4 is 11.8 Å². The van der Waals surface area contributed by atoms with Crippen molar-refractivity contribution in [1.82, 2.24) is 10.6 Å². The van der Waals surface area contributed by atoms with Gasteiger partial charge in [-0.2, -0.15) is 0 Å². The van der Waals surface area contributed by atoms with Crippen LogP contribution in [-0.4, -0.2) is 38.1 Å². The highest BCUT2D eigenvalue weighted by molar-refractivity contribution is 5.91. The van der Waals surface area contributed by atoms with E-state index in [9.17, 15) is 9.59 Å². The predicted octanol–water partition coefficient (Wildman–Crippen LogP) is 0.942. The van der Waals surface area contributed by atoms with E-state index < -0.39 is 0 Å². The molecule has 6 heteroatoms. The number of amides is 2. The molecule has 1 aliphatic rings. The van der Waals surface area contributed by atoms with E-state index in [2.05, 4.69) is 17.6 Å². The molecule has 6 nitrogen and oxygen atoms in total. The minimum atomic E-state index is -0.255. The zero-order chi connectivity index (χ0) is 14.4. The Balaban J connectivity index is 1.54. The molecule has 1 saturated heterocycles. The Bertz CT molecular complexity index is 452. The molecule has 2 heterocycles. The summed E-state index contributed by atoms with van der Waals surface area (Å²) in [4.78, 5) is 23.2. The van der Waals surface area contributed by atoms with Crippen LogP contribution < -0.4 is 10.6 Å². The molecule has 20 heavy (non-hydrogen) atoms. The van der Waals surface area contributed by atoms with Crippen LogP contribution in [0.1, 0.15) is 30.3 Å². The number of furan rings is 1. The van der Waals surface area contributed by atoms with Gasteiger partial charge in [-0.1, -0.05) is 6.92 Å². The highest BCUT2D eigenvalue weighted by Crippen LogP contribution is 2.24. The van der Waals surface area contributed by atoms with Crippen LogP contribution in [-0.2, 0) is 9.53 Å². The van der Waals surface area contributed by atoms with Gasteiger partial charge in [-0.3, -0.25) is 9.59 Å². The normalized spacial score (nSPS) is 16.2. The van der Waals surface area contributed by atoms with Crippen molar-refractivity contribution in [1.29, 1.82) is 0 Å². The molecule has 0 saturated carbocycles. The maximum absolute atomic E-state index is 11.6. The topological polar surface area (TPSA) is 80.6 Å². The lowest BCUT2D eigenvalue weighted by molar-refractivity contribution is -0.126. The van der Waals surface area contributed by atoms with Crippen molar-refractivity contribution < 1.29 is 18.7 Å². The van der Waals surface area contributed by atoms with Gasteiger partial charge >= 0.3 is 0 Å². The smallest absolute Gasteiger partial charge is 0.286 e. The first-order chi connectivity index (χ1) is 9.59. The van der Waals surface area contributed by atoms with Gasteiger partial charge in [0.15, 0.2) is 5.76 Å². The molecule has 0 aliphatic carbocycles. The second kappa shape index (κ2) is 6.56. The Morgan fingerprint density at radius 2 is 2.15 bits per heavy atom. The number of nitrogens with one attached hydrogen (secondary N) is 2. The summed E-state index contributed by atoms with van der Waals surface area (Å²) in [7, 11) is 0. The number of carbonyl (C=O) groups excluding carboxylic acids is 2. The molecule has 0 spiro atoms. The van der Waals surface area contributed by atoms with Gasteiger partial charge in [0.2, 0.25) is 5.91 Å². The Morgan fingerprint density at radius 1 is 1.35 bits per heavy atom. The average Bonchev–Trinajstić information content (AvgIpc) is 2.93. The lowest BCUT2D eigenvalue weighted by atomic mass is 9.89. The molecule has 1 aliphatic heterocycles. The second-order valence-corrected chi connectivity index (χ2v) is 5.42. The lowest BCUT2D eigenvalue weighted by Crippen LogP contribution is -2.48. The number of ether oxygens (including phenoxy) is 1. The number of hydrogen-bond donors (Lipinski definition) is 2. The largest absolute Gasteiger partial charge is 0.459 e. The standard InChI is InChI=1S/C14H20N2O4/c1-14(9-19-10-14)8-16-12(17)5-2-6-15-13(18)11-4-3-7-20-11/h3-4,7H,2,5-6,8-10H2,1H3,(H,15,18)(H,16,17). The van der Waals surface area contributed by atoms with Gasteiger partial charge in [0, 0.05) is 24.9 Å². The molecule has 2 N–H and O–H groups in total. The monoisotopic (exact) mass is 280 g/mol. The zero-order valence-electron chi connectivity index (χ0n) is 11.6. The number of hydrogen-bond acceptors (Lipinski definition) is 4. The van der Waals surface area contributed by atoms with Crippen LogP contribution in [0.5, 0.6) is 0 Å². The highest BCUT2D eigenvalue weighted by atomic mass is 16.5. The van der Waals surface area contributed by atoms with Crippen molar-refractivity contribution in [2.75, 3.05) is 26.3 Å². The zero-order valence-corrected chi connectivity index (χ0v) is 11.6. The van der Waals surface area contributed by atoms with E-state index in [0.29, 0.717) is 39.1 Å². The van der Waals surface area contributed by atoms with Crippen LogP contribution >= 0.6 is 0 Å². The van der Waals surface area contributed by atoms with Crippen molar-refractivity contribution in [3.63, 3.8) is 0 Å². The summed E-state index contributed by atoms with van der Waals surface area (Å²) < 4.78 is 10.1. The van der Waals surface area contributed by atoms with E-state index in [-0.39, 0.29) is 23.0 Å². The summed E-state index contributed by atoms with van der Waals surface area (Å²) in [6, 6.07) is 3.26. The van der Waals surface area contributed by atoms with Crippen LogP contribution in [0.2, 0.25) is 0 Å². The van der Waals surface area contributed by atoms with E-state index in [1.807, 2.05) is 0 Å². The van der Waals surface area contributed by atoms with Crippen LogP contribution in [0.15, 0.2) is 22.8 Å². The molecule has 110 valence electrons. The molecule has 2 rings (SSSR count). The summed E-state index contributed by atoms with van der Waals surface area (Å²) in [5, 5.41) is 5.59. The molecule has 0 atom stereocenters. The summed E-state index contributed by atoms with van der Waals surface area (Å²) in [5.41, 5.74) is 0.0865. The minimum absolute atomic E-state index is 0.00497. The van der Waals surface area contributed by atoms with Crippen molar-refractivity contribution in [2.45, 2.75) is 19.8 Å². The molecule has 1 aromatic rings. The highest BCUT2D eigenvalue weighted by Gasteiger charge is 2.33. The van der Waals surface area contributed by atoms with E-state index in [1.165, 1.54) is 6.26 Å². The molecule has 0 unspecified atom stereocenters. The third-order valence-corrected chi connectivity index (χ3v) is 3.22. The van der Waals surface area contributed by atoms with E-state index in [0.717, 1.165) is 0 Å². The van der Waals surface area contributed by atoms with Crippen molar-refractivity contribution in [3.05, 3.63) is 24.2 Å². The molecule has 0 bridgehead atoms. The van der Waals surface area contributed by atoms with Crippen LogP contribution in [0.4, 0.5) is 0 Å². The second-order valence-electron chi connectivity index (χ2n) is 5.42.